The molecule has 48 heavy (non-hydrogen) atoms. The molecule has 10 heteroatoms. The van der Waals surface area contributed by atoms with Crippen LogP contribution in [0.1, 0.15) is 120 Å². The number of fused-ring (bicyclic) bond motifs is 3. The molecule has 4 N–H and O–H groups in total. The van der Waals surface area contributed by atoms with E-state index in [1.54, 1.807) is 0 Å². The van der Waals surface area contributed by atoms with Gasteiger partial charge < -0.3 is 25.4 Å². The number of allylic oxidation sites excluding steroid dienone is 1. The van der Waals surface area contributed by atoms with Crippen molar-refractivity contribution in [1.29, 1.82) is 0 Å². The van der Waals surface area contributed by atoms with Crippen LogP contribution in [0.2, 0.25) is 0 Å². The van der Waals surface area contributed by atoms with Crippen LogP contribution in [0, 0.1) is 62.6 Å². The van der Waals surface area contributed by atoms with E-state index in [0.29, 0.717) is 43.4 Å². The average molecular weight is 670 g/mol. The molecule has 4 aliphatic carbocycles. The van der Waals surface area contributed by atoms with Gasteiger partial charge in [-0.2, -0.15) is 0 Å². The fourth-order valence-electron chi connectivity index (χ4n) is 12.1. The first-order chi connectivity index (χ1) is 22.3. The SMILES string of the molecule is CC(C)[C@@H](C)[C@@]1(C)CC[C@]2(C)[C@H]3CC[C@@H]4[C@@]5(COC[C@@]4(C)[C@@H](OC[C@](C)(N)C(C)C)[C@H](n4nnnc4CO)C5)C3=CC[C@@]2(C)[C@@H]1C(=O)O. The fraction of sp³-hybridized carbons (Fsp3) is 0.895. The molecule has 3 saturated carbocycles. The maximum atomic E-state index is 13.4. The monoisotopic (exact) mass is 669 g/mol. The van der Waals surface area contributed by atoms with Crippen LogP contribution in [-0.2, 0) is 20.9 Å². The van der Waals surface area contributed by atoms with Gasteiger partial charge in [0.2, 0.25) is 0 Å². The first kappa shape index (κ1) is 35.9. The predicted octanol–water partition coefficient (Wildman–Crippen LogP) is 6.05. The number of hydrogen-bond acceptors (Lipinski definition) is 8. The normalized spacial score (nSPS) is 44.3. The summed E-state index contributed by atoms with van der Waals surface area (Å²) in [5.41, 5.74) is 6.27. The van der Waals surface area contributed by atoms with Crippen molar-refractivity contribution in [2.75, 3.05) is 19.8 Å². The summed E-state index contributed by atoms with van der Waals surface area (Å²) in [6, 6.07) is -0.218. The van der Waals surface area contributed by atoms with Gasteiger partial charge >= 0.3 is 5.97 Å². The lowest BCUT2D eigenvalue weighted by molar-refractivity contribution is -0.253. The summed E-state index contributed by atoms with van der Waals surface area (Å²) in [5, 5.41) is 34.0. The molecular weight excluding hydrogens is 606 g/mol. The Morgan fingerprint density at radius 1 is 1.12 bits per heavy atom. The number of nitrogens with zero attached hydrogens (tertiary/aromatic N) is 4. The molecule has 270 valence electrons. The second-order valence-electron chi connectivity index (χ2n) is 18.7. The zero-order chi connectivity index (χ0) is 35.2. The second-order valence-corrected chi connectivity index (χ2v) is 18.7. The van der Waals surface area contributed by atoms with Gasteiger partial charge in [-0.3, -0.25) is 4.79 Å². The van der Waals surface area contributed by atoms with Gasteiger partial charge in [0, 0.05) is 16.4 Å². The number of ether oxygens (including phenoxy) is 2. The van der Waals surface area contributed by atoms with Crippen LogP contribution in [0.25, 0.3) is 0 Å². The Bertz CT molecular complexity index is 1430. The van der Waals surface area contributed by atoms with Gasteiger partial charge in [0.05, 0.1) is 37.9 Å². The summed E-state index contributed by atoms with van der Waals surface area (Å²) < 4.78 is 15.4. The summed E-state index contributed by atoms with van der Waals surface area (Å²) in [4.78, 5) is 13.4. The standard InChI is InChI=1S/C38H63N5O5/c1-22(2)24(5)33(6)15-16-35(8)25-11-12-28-34(7)19-47-21-38(28,26(25)13-14-36(35,9)30(33)32(45)46)17-27(43-29(18-44)40-41-42-43)31(34)48-20-37(10,39)23(3)4/h13,22-25,27-28,30-31,44H,11-12,14-21,39H2,1-10H3,(H,45,46)/t24-,25+,27-,28+,30-,31+,33-,34-,35-,36+,37+,38+/m1/s1. The van der Waals surface area contributed by atoms with Gasteiger partial charge in [-0.1, -0.05) is 74.0 Å². The number of aliphatic hydroxyl groups is 1. The van der Waals surface area contributed by atoms with Crippen molar-refractivity contribution in [1.82, 2.24) is 20.2 Å². The number of hydrogen-bond donors (Lipinski definition) is 3. The summed E-state index contributed by atoms with van der Waals surface area (Å²) in [6.45, 7) is 23.7. The van der Waals surface area contributed by atoms with E-state index in [-0.39, 0.29) is 57.7 Å². The van der Waals surface area contributed by atoms with Gasteiger partial charge in [0.15, 0.2) is 5.82 Å². The Morgan fingerprint density at radius 3 is 2.46 bits per heavy atom. The van der Waals surface area contributed by atoms with E-state index >= 15 is 0 Å². The minimum absolute atomic E-state index is 0.170. The van der Waals surface area contributed by atoms with Crippen LogP contribution in [0.5, 0.6) is 0 Å². The van der Waals surface area contributed by atoms with E-state index in [1.807, 2.05) is 11.6 Å². The highest BCUT2D eigenvalue weighted by atomic mass is 16.5. The second kappa shape index (κ2) is 11.8. The Balaban J connectivity index is 1.46. The Morgan fingerprint density at radius 2 is 1.83 bits per heavy atom. The Hall–Kier alpha value is -1.88. The van der Waals surface area contributed by atoms with Crippen LogP contribution in [-0.4, -0.2) is 67.9 Å². The van der Waals surface area contributed by atoms with E-state index in [1.165, 1.54) is 5.57 Å². The molecule has 12 atom stereocenters. The van der Waals surface area contributed by atoms with Crippen molar-refractivity contribution < 1.29 is 24.5 Å². The van der Waals surface area contributed by atoms with Crippen LogP contribution in [0.15, 0.2) is 11.6 Å². The molecule has 0 amide bonds. The highest BCUT2D eigenvalue weighted by Crippen LogP contribution is 2.75. The molecule has 5 aliphatic rings. The molecule has 1 aromatic heterocycles. The molecule has 1 aromatic rings. The third kappa shape index (κ3) is 4.85. The van der Waals surface area contributed by atoms with Crippen LogP contribution in [0.4, 0.5) is 0 Å². The van der Waals surface area contributed by atoms with Gasteiger partial charge in [0.1, 0.15) is 6.61 Å². The van der Waals surface area contributed by atoms with E-state index in [4.69, 9.17) is 15.2 Å². The average Bonchev–Trinajstić information content (AvgIpc) is 3.49. The van der Waals surface area contributed by atoms with Crippen molar-refractivity contribution in [2.24, 2.45) is 68.3 Å². The highest BCUT2D eigenvalue weighted by Gasteiger charge is 2.72. The topological polar surface area (TPSA) is 146 Å². The molecule has 10 nitrogen and oxygen atoms in total. The molecule has 0 spiro atoms. The predicted molar refractivity (Wildman–Crippen MR) is 184 cm³/mol. The third-order valence-corrected chi connectivity index (χ3v) is 16.0. The number of aliphatic carboxylic acids is 1. The van der Waals surface area contributed by atoms with Crippen LogP contribution in [0.3, 0.4) is 0 Å². The molecule has 1 saturated heterocycles. The molecule has 1 aliphatic heterocycles. The van der Waals surface area contributed by atoms with Crippen molar-refractivity contribution in [2.45, 2.75) is 132 Å². The first-order valence-corrected chi connectivity index (χ1v) is 18.6. The van der Waals surface area contributed by atoms with Crippen LogP contribution < -0.4 is 5.73 Å². The van der Waals surface area contributed by atoms with Crippen LogP contribution >= 0.6 is 0 Å². The minimum atomic E-state index is -0.642. The van der Waals surface area contributed by atoms with E-state index in [2.05, 4.69) is 83.9 Å². The Kier molecular flexibility index (Phi) is 8.86. The summed E-state index contributed by atoms with van der Waals surface area (Å²) >= 11 is 0. The number of carboxylic acids is 1. The zero-order valence-electron chi connectivity index (χ0n) is 31.3. The van der Waals surface area contributed by atoms with Gasteiger partial charge in [-0.25, -0.2) is 4.68 Å². The lowest BCUT2D eigenvalue weighted by atomic mass is 9.34. The number of nitrogens with two attached hydrogens (primary N) is 1. The summed E-state index contributed by atoms with van der Waals surface area (Å²) in [6.07, 6.45) is 7.68. The lowest BCUT2D eigenvalue weighted by Gasteiger charge is -2.71. The van der Waals surface area contributed by atoms with E-state index < -0.39 is 17.4 Å². The summed E-state index contributed by atoms with van der Waals surface area (Å²) in [7, 11) is 0. The first-order valence-electron chi connectivity index (χ1n) is 18.6. The molecule has 0 aromatic carbocycles. The molecule has 0 radical (unpaired) electrons. The summed E-state index contributed by atoms with van der Waals surface area (Å²) in [5.74, 6) is 0.873. The number of carbonyl (C=O) groups is 1. The largest absolute Gasteiger partial charge is 0.481 e. The number of carboxylic acid groups (broad SMARTS) is 1. The molecule has 2 bridgehead atoms. The fourth-order valence-corrected chi connectivity index (χ4v) is 12.1. The number of tetrazole rings is 1. The molecular formula is C38H63N5O5. The van der Waals surface area contributed by atoms with Gasteiger partial charge in [-0.15, -0.1) is 5.10 Å². The minimum Gasteiger partial charge on any atom is -0.481 e. The maximum Gasteiger partial charge on any atom is 0.307 e. The quantitative estimate of drug-likeness (QED) is 0.267. The van der Waals surface area contributed by atoms with Crippen molar-refractivity contribution in [3.8, 4) is 0 Å². The lowest BCUT2D eigenvalue weighted by Crippen LogP contribution is -2.69. The molecule has 6 rings (SSSR count). The molecule has 4 fully saturated rings. The smallest absolute Gasteiger partial charge is 0.307 e. The van der Waals surface area contributed by atoms with Crippen molar-refractivity contribution in [3.63, 3.8) is 0 Å². The van der Waals surface area contributed by atoms with Crippen molar-refractivity contribution in [3.05, 3.63) is 17.5 Å². The molecule has 2 heterocycles. The van der Waals surface area contributed by atoms with E-state index in [0.717, 1.165) is 38.5 Å². The number of rotatable bonds is 9. The molecule has 0 unspecified atom stereocenters. The highest BCUT2D eigenvalue weighted by molar-refractivity contribution is 5.73. The van der Waals surface area contributed by atoms with Gasteiger partial charge in [0.25, 0.3) is 0 Å². The van der Waals surface area contributed by atoms with Gasteiger partial charge in [-0.05, 0) is 102 Å². The number of aliphatic hydroxyl groups excluding tert-OH is 1. The van der Waals surface area contributed by atoms with Crippen molar-refractivity contribution >= 4 is 5.97 Å². The number of aromatic nitrogens is 4. The van der Waals surface area contributed by atoms with E-state index in [9.17, 15) is 15.0 Å². The maximum absolute atomic E-state index is 13.4. The third-order valence-electron chi connectivity index (χ3n) is 16.0. The zero-order valence-corrected chi connectivity index (χ0v) is 31.3. The Labute approximate surface area is 288 Å².